The van der Waals surface area contributed by atoms with E-state index in [2.05, 4.69) is 34.5 Å². The number of carbonyl (C=O) groups excluding carboxylic acids is 1. The Morgan fingerprint density at radius 1 is 1.14 bits per heavy atom. The van der Waals surface area contributed by atoms with Gasteiger partial charge in [0.15, 0.2) is 0 Å². The maximum absolute atomic E-state index is 12.3. The van der Waals surface area contributed by atoms with Crippen LogP contribution in [0.15, 0.2) is 57.7 Å². The topological polar surface area (TPSA) is 62.6 Å². The number of hydrogen-bond acceptors (Lipinski definition) is 4. The summed E-state index contributed by atoms with van der Waals surface area (Å²) in [5.41, 5.74) is 4.66. The van der Waals surface area contributed by atoms with Gasteiger partial charge < -0.3 is 9.73 Å². The summed E-state index contributed by atoms with van der Waals surface area (Å²) in [4.78, 5) is 26.2. The van der Waals surface area contributed by atoms with Crippen LogP contribution in [0.4, 0.5) is 5.69 Å². The number of anilines is 1. The van der Waals surface area contributed by atoms with Gasteiger partial charge in [0.05, 0.1) is 0 Å². The summed E-state index contributed by atoms with van der Waals surface area (Å²) in [7, 11) is 0. The summed E-state index contributed by atoms with van der Waals surface area (Å²) in [6.45, 7) is 2.19. The molecule has 0 radical (unpaired) electrons. The molecule has 5 heteroatoms. The highest BCUT2D eigenvalue weighted by Gasteiger charge is 2.37. The Morgan fingerprint density at radius 3 is 2.76 bits per heavy atom. The van der Waals surface area contributed by atoms with Gasteiger partial charge in [-0.1, -0.05) is 24.3 Å². The number of aryl methyl sites for hydroxylation is 1. The molecule has 1 saturated carbocycles. The summed E-state index contributed by atoms with van der Waals surface area (Å²) in [6, 6.07) is 16.8. The highest BCUT2D eigenvalue weighted by atomic mass is 16.4. The molecule has 148 valence electrons. The SMILES string of the molecule is CC(=O)Nc1ccc2c(CN(C3CC3)C3CCc4ccccc43)cc(=O)oc2c1. The fraction of sp³-hybridized carbons (Fsp3) is 0.333. The van der Waals surface area contributed by atoms with Crippen molar-refractivity contribution in [3.63, 3.8) is 0 Å². The fourth-order valence-electron chi connectivity index (χ4n) is 4.62. The zero-order valence-corrected chi connectivity index (χ0v) is 16.5. The van der Waals surface area contributed by atoms with Gasteiger partial charge in [0, 0.05) is 48.8 Å². The van der Waals surface area contributed by atoms with E-state index in [9.17, 15) is 9.59 Å². The molecule has 0 bridgehead atoms. The van der Waals surface area contributed by atoms with Crippen molar-refractivity contribution >= 4 is 22.6 Å². The van der Waals surface area contributed by atoms with Crippen molar-refractivity contribution in [2.45, 2.75) is 51.2 Å². The molecule has 5 nitrogen and oxygen atoms in total. The number of carbonyl (C=O) groups is 1. The van der Waals surface area contributed by atoms with E-state index < -0.39 is 0 Å². The highest BCUT2D eigenvalue weighted by molar-refractivity contribution is 5.92. The average molecular weight is 388 g/mol. The van der Waals surface area contributed by atoms with E-state index >= 15 is 0 Å². The zero-order valence-electron chi connectivity index (χ0n) is 16.5. The molecule has 0 spiro atoms. The van der Waals surface area contributed by atoms with Crippen molar-refractivity contribution in [3.05, 3.63) is 75.6 Å². The van der Waals surface area contributed by atoms with Crippen LogP contribution in [0.3, 0.4) is 0 Å². The molecule has 1 unspecified atom stereocenters. The number of fused-ring (bicyclic) bond motifs is 2. The molecule has 29 heavy (non-hydrogen) atoms. The van der Waals surface area contributed by atoms with Crippen molar-refractivity contribution in [2.75, 3.05) is 5.32 Å². The monoisotopic (exact) mass is 388 g/mol. The van der Waals surface area contributed by atoms with Gasteiger partial charge in [0.25, 0.3) is 0 Å². The molecule has 2 aliphatic carbocycles. The van der Waals surface area contributed by atoms with E-state index in [1.54, 1.807) is 12.1 Å². The molecular weight excluding hydrogens is 364 g/mol. The Morgan fingerprint density at radius 2 is 1.97 bits per heavy atom. The lowest BCUT2D eigenvalue weighted by Crippen LogP contribution is -2.29. The minimum atomic E-state index is -0.352. The number of amides is 1. The molecule has 5 rings (SSSR count). The normalized spacial score (nSPS) is 18.2. The Balaban J connectivity index is 1.51. The predicted octanol–water partition coefficient (Wildman–Crippen LogP) is 4.40. The summed E-state index contributed by atoms with van der Waals surface area (Å²) in [5, 5.41) is 3.68. The minimum Gasteiger partial charge on any atom is -0.423 e. The maximum atomic E-state index is 12.3. The van der Waals surface area contributed by atoms with Crippen molar-refractivity contribution in [1.29, 1.82) is 0 Å². The quantitative estimate of drug-likeness (QED) is 0.658. The predicted molar refractivity (Wildman–Crippen MR) is 113 cm³/mol. The van der Waals surface area contributed by atoms with E-state index in [1.165, 1.54) is 30.9 Å². The summed E-state index contributed by atoms with van der Waals surface area (Å²) in [5.74, 6) is -0.150. The molecule has 0 aliphatic heterocycles. The van der Waals surface area contributed by atoms with Crippen molar-refractivity contribution in [3.8, 4) is 0 Å². The lowest BCUT2D eigenvalue weighted by atomic mass is 10.0. The van der Waals surface area contributed by atoms with Crippen LogP contribution in [0, 0.1) is 0 Å². The fourth-order valence-corrected chi connectivity index (χ4v) is 4.62. The van der Waals surface area contributed by atoms with Crippen LogP contribution >= 0.6 is 0 Å². The third kappa shape index (κ3) is 3.58. The van der Waals surface area contributed by atoms with Crippen LogP contribution in [0.25, 0.3) is 11.0 Å². The first-order chi connectivity index (χ1) is 14.1. The van der Waals surface area contributed by atoms with Crippen LogP contribution in [-0.4, -0.2) is 16.8 Å². The number of nitrogens with zero attached hydrogens (tertiary/aromatic N) is 1. The van der Waals surface area contributed by atoms with Gasteiger partial charge in [0.1, 0.15) is 5.58 Å². The van der Waals surface area contributed by atoms with Crippen LogP contribution in [0.5, 0.6) is 0 Å². The second-order valence-electron chi connectivity index (χ2n) is 8.14. The molecule has 0 saturated heterocycles. The van der Waals surface area contributed by atoms with Crippen molar-refractivity contribution in [1.82, 2.24) is 4.90 Å². The van der Waals surface area contributed by atoms with E-state index in [-0.39, 0.29) is 11.5 Å². The van der Waals surface area contributed by atoms with E-state index in [1.807, 2.05) is 12.1 Å². The lowest BCUT2D eigenvalue weighted by molar-refractivity contribution is -0.114. The summed E-state index contributed by atoms with van der Waals surface area (Å²) < 4.78 is 5.44. The smallest absolute Gasteiger partial charge is 0.336 e. The van der Waals surface area contributed by atoms with E-state index in [4.69, 9.17) is 4.42 Å². The van der Waals surface area contributed by atoms with Gasteiger partial charge in [0.2, 0.25) is 5.91 Å². The zero-order chi connectivity index (χ0) is 20.0. The van der Waals surface area contributed by atoms with Crippen LogP contribution in [0.1, 0.15) is 48.9 Å². The molecular formula is C24H24N2O3. The van der Waals surface area contributed by atoms with Gasteiger partial charge >= 0.3 is 5.63 Å². The van der Waals surface area contributed by atoms with Gasteiger partial charge in [-0.15, -0.1) is 0 Å². The molecule has 2 aromatic carbocycles. The van der Waals surface area contributed by atoms with Crippen LogP contribution < -0.4 is 10.9 Å². The van der Waals surface area contributed by atoms with Crippen molar-refractivity contribution < 1.29 is 9.21 Å². The Bertz CT molecular complexity index is 1150. The van der Waals surface area contributed by atoms with Gasteiger partial charge in [-0.3, -0.25) is 9.69 Å². The first kappa shape index (κ1) is 18.1. The van der Waals surface area contributed by atoms with Gasteiger partial charge in [-0.05, 0) is 54.5 Å². The Hall–Kier alpha value is -2.92. The third-order valence-corrected chi connectivity index (χ3v) is 6.02. The molecule has 1 N–H and O–H groups in total. The summed E-state index contributed by atoms with van der Waals surface area (Å²) >= 11 is 0. The van der Waals surface area contributed by atoms with Crippen LogP contribution in [-0.2, 0) is 17.8 Å². The first-order valence-electron chi connectivity index (χ1n) is 10.3. The number of hydrogen-bond donors (Lipinski definition) is 1. The second kappa shape index (κ2) is 7.16. The third-order valence-electron chi connectivity index (χ3n) is 6.02. The Kier molecular flexibility index (Phi) is 4.47. The minimum absolute atomic E-state index is 0.150. The molecule has 1 fully saturated rings. The number of rotatable bonds is 5. The summed E-state index contributed by atoms with van der Waals surface area (Å²) in [6.07, 6.45) is 4.67. The molecule has 1 heterocycles. The molecule has 3 aromatic rings. The maximum Gasteiger partial charge on any atom is 0.336 e. The Labute approximate surface area is 169 Å². The highest BCUT2D eigenvalue weighted by Crippen LogP contribution is 2.43. The number of nitrogens with one attached hydrogen (secondary N) is 1. The van der Waals surface area contributed by atoms with E-state index in [0.717, 1.165) is 30.3 Å². The number of benzene rings is 2. The molecule has 1 atom stereocenters. The van der Waals surface area contributed by atoms with Gasteiger partial charge in [-0.2, -0.15) is 0 Å². The largest absolute Gasteiger partial charge is 0.423 e. The van der Waals surface area contributed by atoms with Crippen LogP contribution in [0.2, 0.25) is 0 Å². The average Bonchev–Trinajstić information content (AvgIpc) is 3.44. The molecule has 1 aromatic heterocycles. The molecule has 1 amide bonds. The first-order valence-corrected chi connectivity index (χ1v) is 10.3. The van der Waals surface area contributed by atoms with Gasteiger partial charge in [-0.25, -0.2) is 4.79 Å². The second-order valence-corrected chi connectivity index (χ2v) is 8.14. The standard InChI is InChI=1S/C24H24N2O3/c1-15(27)25-18-7-10-21-17(12-24(28)29-23(21)13-18)14-26(19-8-9-19)22-11-6-16-4-2-3-5-20(16)22/h2-5,7,10,12-13,19,22H,6,8-9,11,14H2,1H3,(H,25,27). The lowest BCUT2D eigenvalue weighted by Gasteiger charge is -2.30. The van der Waals surface area contributed by atoms with E-state index in [0.29, 0.717) is 23.4 Å². The van der Waals surface area contributed by atoms with Crippen molar-refractivity contribution in [2.24, 2.45) is 0 Å². The molecule has 2 aliphatic rings.